The van der Waals surface area contributed by atoms with Crippen molar-refractivity contribution in [2.24, 2.45) is 0 Å². The minimum Gasteiger partial charge on any atom is -0.401 e. The van der Waals surface area contributed by atoms with Gasteiger partial charge in [0.2, 0.25) is 0 Å². The number of hydrogen-bond donors (Lipinski definition) is 2. The van der Waals surface area contributed by atoms with Crippen molar-refractivity contribution in [1.29, 1.82) is 0 Å². The lowest BCUT2D eigenvalue weighted by molar-refractivity contribution is 0.0350. The van der Waals surface area contributed by atoms with Crippen LogP contribution in [0.4, 0.5) is 4.39 Å². The molecule has 2 atom stereocenters. The number of hydrogen-bond acceptors (Lipinski definition) is 5. The van der Waals surface area contributed by atoms with Gasteiger partial charge in [0.25, 0.3) is 0 Å². The van der Waals surface area contributed by atoms with E-state index in [0.717, 1.165) is 4.73 Å². The van der Waals surface area contributed by atoms with Crippen LogP contribution in [0.5, 0.6) is 0 Å². The SMILES string of the molecule is C#CCC(O)Cn1cc(-c2cnc3[nH]c(=O)n(OC(CC)c4c(Cl)ccc(F)c4Cl)c3c2)cn1. The minimum absolute atomic E-state index is 0.162. The molecule has 4 rings (SSSR count). The average Bonchev–Trinajstić information content (AvgIpc) is 3.39. The number of pyridine rings is 1. The zero-order chi connectivity index (χ0) is 24.4. The molecule has 0 spiro atoms. The molecule has 0 saturated carbocycles. The zero-order valence-corrected chi connectivity index (χ0v) is 19.5. The van der Waals surface area contributed by atoms with Crippen molar-refractivity contribution in [1.82, 2.24) is 24.5 Å². The number of aromatic nitrogens is 5. The van der Waals surface area contributed by atoms with E-state index in [1.165, 1.54) is 12.1 Å². The molecular formula is C23H20Cl2FN5O3. The van der Waals surface area contributed by atoms with Gasteiger partial charge in [0.1, 0.15) is 11.3 Å². The molecule has 0 fully saturated rings. The van der Waals surface area contributed by atoms with Gasteiger partial charge in [-0.2, -0.15) is 5.10 Å². The normalized spacial score (nSPS) is 13.1. The highest BCUT2D eigenvalue weighted by atomic mass is 35.5. The molecule has 0 bridgehead atoms. The Morgan fingerprint density at radius 2 is 2.12 bits per heavy atom. The summed E-state index contributed by atoms with van der Waals surface area (Å²) in [6, 6.07) is 4.27. The number of nitrogens with one attached hydrogen (secondary N) is 1. The number of halogens is 3. The second-order valence-electron chi connectivity index (χ2n) is 7.59. The molecule has 0 radical (unpaired) electrons. The number of H-pyrrole nitrogens is 1. The van der Waals surface area contributed by atoms with Crippen LogP contribution in [0.15, 0.2) is 41.6 Å². The Hall–Kier alpha value is -3.32. The Balaban J connectivity index is 1.69. The van der Waals surface area contributed by atoms with Crippen LogP contribution in [-0.2, 0) is 6.54 Å². The summed E-state index contributed by atoms with van der Waals surface area (Å²) in [5.74, 6) is 1.77. The first-order valence-electron chi connectivity index (χ1n) is 10.4. The molecule has 0 amide bonds. The quantitative estimate of drug-likeness (QED) is 0.279. The average molecular weight is 504 g/mol. The highest BCUT2D eigenvalue weighted by Gasteiger charge is 2.23. The van der Waals surface area contributed by atoms with Gasteiger partial charge in [-0.25, -0.2) is 14.2 Å². The van der Waals surface area contributed by atoms with Gasteiger partial charge in [0.15, 0.2) is 11.8 Å². The van der Waals surface area contributed by atoms with Crippen LogP contribution >= 0.6 is 23.2 Å². The molecule has 34 heavy (non-hydrogen) atoms. The number of aliphatic hydroxyl groups is 1. The van der Waals surface area contributed by atoms with Gasteiger partial charge in [-0.05, 0) is 24.6 Å². The largest absolute Gasteiger partial charge is 0.401 e. The van der Waals surface area contributed by atoms with Crippen LogP contribution in [0.1, 0.15) is 31.4 Å². The standard InChI is InChI=1S/C23H20Cl2FN5O3/c1-3-5-15(32)12-30-11-14(10-28-30)13-8-18-22(27-9-13)29-23(33)31(18)34-19(4-2)20-16(24)6-7-17(26)21(20)25/h1,6-11,15,19,32H,4-5,12H2,2H3,(H,27,29,33). The van der Waals surface area contributed by atoms with Gasteiger partial charge in [0, 0.05) is 40.5 Å². The summed E-state index contributed by atoms with van der Waals surface area (Å²) in [7, 11) is 0. The van der Waals surface area contributed by atoms with E-state index in [0.29, 0.717) is 28.7 Å². The predicted octanol–water partition coefficient (Wildman–Crippen LogP) is 4.00. The first-order valence-corrected chi connectivity index (χ1v) is 11.1. The third-order valence-corrected chi connectivity index (χ3v) is 5.93. The molecule has 0 aliphatic heterocycles. The fourth-order valence-corrected chi connectivity index (χ4v) is 4.17. The molecule has 3 heterocycles. The highest BCUT2D eigenvalue weighted by Crippen LogP contribution is 2.35. The molecule has 8 nitrogen and oxygen atoms in total. The number of aromatic amines is 1. The Morgan fingerprint density at radius 1 is 1.32 bits per heavy atom. The Bertz CT molecular complexity index is 1440. The van der Waals surface area contributed by atoms with Crippen LogP contribution < -0.4 is 10.5 Å². The topological polar surface area (TPSA) is 98.0 Å². The fraction of sp³-hybridized carbons (Fsp3) is 0.261. The van der Waals surface area contributed by atoms with E-state index in [1.807, 2.05) is 0 Å². The molecule has 0 saturated heterocycles. The summed E-state index contributed by atoms with van der Waals surface area (Å²) >= 11 is 12.4. The van der Waals surface area contributed by atoms with Crippen molar-refractivity contribution < 1.29 is 14.3 Å². The van der Waals surface area contributed by atoms with Crippen molar-refractivity contribution in [3.63, 3.8) is 0 Å². The summed E-state index contributed by atoms with van der Waals surface area (Å²) in [6.45, 7) is 2.04. The smallest absolute Gasteiger partial charge is 0.360 e. The van der Waals surface area contributed by atoms with Crippen molar-refractivity contribution in [3.05, 3.63) is 68.7 Å². The maximum atomic E-state index is 14.1. The Morgan fingerprint density at radius 3 is 2.85 bits per heavy atom. The third-order valence-electron chi connectivity index (χ3n) is 5.22. The molecule has 176 valence electrons. The molecule has 0 aliphatic rings. The van der Waals surface area contributed by atoms with Crippen molar-refractivity contribution in [3.8, 4) is 23.5 Å². The highest BCUT2D eigenvalue weighted by molar-refractivity contribution is 6.36. The summed E-state index contributed by atoms with van der Waals surface area (Å²) in [5, 5.41) is 14.2. The van der Waals surface area contributed by atoms with E-state index < -0.39 is 23.7 Å². The number of imidazole rings is 1. The lowest BCUT2D eigenvalue weighted by atomic mass is 10.1. The van der Waals surface area contributed by atoms with Gasteiger partial charge in [0.05, 0.1) is 23.9 Å². The van der Waals surface area contributed by atoms with Gasteiger partial charge in [-0.3, -0.25) is 9.67 Å². The van der Waals surface area contributed by atoms with E-state index in [-0.39, 0.29) is 28.6 Å². The van der Waals surface area contributed by atoms with Gasteiger partial charge >= 0.3 is 5.69 Å². The number of rotatable bonds is 8. The third kappa shape index (κ3) is 4.66. The van der Waals surface area contributed by atoms with E-state index in [9.17, 15) is 14.3 Å². The Kier molecular flexibility index (Phi) is 6.93. The summed E-state index contributed by atoms with van der Waals surface area (Å²) in [5.41, 5.74) is 1.74. The van der Waals surface area contributed by atoms with Gasteiger partial charge in [-0.15, -0.1) is 17.1 Å². The van der Waals surface area contributed by atoms with Crippen LogP contribution in [0.3, 0.4) is 0 Å². The number of fused-ring (bicyclic) bond motifs is 1. The number of aliphatic hydroxyl groups excluding tert-OH is 1. The molecule has 1 aromatic carbocycles. The summed E-state index contributed by atoms with van der Waals surface area (Å²) < 4.78 is 16.7. The maximum absolute atomic E-state index is 14.1. The maximum Gasteiger partial charge on any atom is 0.360 e. The molecular weight excluding hydrogens is 484 g/mol. The van der Waals surface area contributed by atoms with Crippen molar-refractivity contribution in [2.45, 2.75) is 38.5 Å². The molecule has 2 unspecified atom stereocenters. The lowest BCUT2D eigenvalue weighted by Gasteiger charge is -2.20. The minimum atomic E-state index is -0.795. The molecule has 2 N–H and O–H groups in total. The van der Waals surface area contributed by atoms with E-state index in [2.05, 4.69) is 21.0 Å². The first kappa shape index (κ1) is 23.8. The van der Waals surface area contributed by atoms with E-state index in [4.69, 9.17) is 34.5 Å². The molecule has 4 aromatic rings. The second kappa shape index (κ2) is 9.89. The molecule has 11 heteroatoms. The number of benzene rings is 1. The predicted molar refractivity (Wildman–Crippen MR) is 127 cm³/mol. The molecule has 3 aromatic heterocycles. The monoisotopic (exact) mass is 503 g/mol. The van der Waals surface area contributed by atoms with E-state index >= 15 is 0 Å². The van der Waals surface area contributed by atoms with Gasteiger partial charge in [-0.1, -0.05) is 30.1 Å². The van der Waals surface area contributed by atoms with Crippen LogP contribution in [0.2, 0.25) is 10.0 Å². The lowest BCUT2D eigenvalue weighted by Crippen LogP contribution is -2.27. The number of terminal acetylenes is 1. The molecule has 0 aliphatic carbocycles. The van der Waals surface area contributed by atoms with Crippen LogP contribution in [-0.4, -0.2) is 35.7 Å². The first-order chi connectivity index (χ1) is 16.3. The van der Waals surface area contributed by atoms with Crippen LogP contribution in [0.25, 0.3) is 22.3 Å². The Labute approximate surface area is 203 Å². The van der Waals surface area contributed by atoms with Gasteiger partial charge < -0.3 is 9.94 Å². The number of nitrogens with zero attached hydrogens (tertiary/aromatic N) is 4. The zero-order valence-electron chi connectivity index (χ0n) is 18.0. The second-order valence-corrected chi connectivity index (χ2v) is 8.37. The fourth-order valence-electron chi connectivity index (χ4n) is 3.55. The van der Waals surface area contributed by atoms with Crippen molar-refractivity contribution >= 4 is 34.4 Å². The van der Waals surface area contributed by atoms with E-state index in [1.54, 1.807) is 36.3 Å². The van der Waals surface area contributed by atoms with Crippen LogP contribution in [0, 0.1) is 18.2 Å². The summed E-state index contributed by atoms with van der Waals surface area (Å²) in [6.07, 6.45) is 9.23. The van der Waals surface area contributed by atoms with Crippen molar-refractivity contribution in [2.75, 3.05) is 0 Å². The summed E-state index contributed by atoms with van der Waals surface area (Å²) in [4.78, 5) is 25.5.